The lowest BCUT2D eigenvalue weighted by Gasteiger charge is -2.04. The summed E-state index contributed by atoms with van der Waals surface area (Å²) in [6.07, 6.45) is 7.30. The first-order chi connectivity index (χ1) is 5.27. The average Bonchev–Trinajstić information content (AvgIpc) is 2.68. The van der Waals surface area contributed by atoms with E-state index < -0.39 is 0 Å². The molecule has 60 valence electrons. The molecule has 0 atom stereocenters. The van der Waals surface area contributed by atoms with Crippen molar-refractivity contribution in [2.45, 2.75) is 38.6 Å². The number of hydrogen-bond acceptors (Lipinski definition) is 0. The second-order valence-electron chi connectivity index (χ2n) is 3.76. The Morgan fingerprint density at radius 3 is 2.64 bits per heavy atom. The summed E-state index contributed by atoms with van der Waals surface area (Å²) in [4.78, 5) is 0. The second kappa shape index (κ2) is 2.40. The Bertz CT molecular complexity index is 227. The monoisotopic (exact) mass is 149 g/mol. The van der Waals surface area contributed by atoms with Gasteiger partial charge in [0.05, 0.1) is 0 Å². The van der Waals surface area contributed by atoms with Crippen molar-refractivity contribution in [1.82, 2.24) is 4.57 Å². The van der Waals surface area contributed by atoms with E-state index in [-0.39, 0.29) is 0 Å². The van der Waals surface area contributed by atoms with Crippen LogP contribution in [-0.4, -0.2) is 4.57 Å². The molecule has 0 N–H and O–H groups in total. The molecular formula is C10H15N. The molecular weight excluding hydrogens is 134 g/mol. The third kappa shape index (κ3) is 1.32. The third-order valence-electron chi connectivity index (χ3n) is 2.38. The molecule has 0 radical (unpaired) electrons. The maximum atomic E-state index is 2.29. The summed E-state index contributed by atoms with van der Waals surface area (Å²) in [5.41, 5.74) is 1.54. The fourth-order valence-corrected chi connectivity index (χ4v) is 1.41. The van der Waals surface area contributed by atoms with Crippen LogP contribution in [0.3, 0.4) is 0 Å². The van der Waals surface area contributed by atoms with E-state index in [1.165, 1.54) is 12.8 Å². The van der Waals surface area contributed by atoms with Crippen molar-refractivity contribution in [2.75, 3.05) is 0 Å². The standard InChI is InChI=1S/C10H15N/c1-8(2)11-6-5-10(7-11)9-3-4-9/h5-9H,3-4H2,1-2H3. The minimum absolute atomic E-state index is 0.613. The Hall–Kier alpha value is -0.720. The molecule has 1 nitrogen and oxygen atoms in total. The van der Waals surface area contributed by atoms with Crippen LogP contribution in [-0.2, 0) is 0 Å². The number of rotatable bonds is 2. The zero-order valence-corrected chi connectivity index (χ0v) is 7.25. The molecule has 0 amide bonds. The molecule has 2 rings (SSSR count). The predicted molar refractivity (Wildman–Crippen MR) is 46.8 cm³/mol. The predicted octanol–water partition coefficient (Wildman–Crippen LogP) is 2.95. The van der Waals surface area contributed by atoms with Crippen molar-refractivity contribution >= 4 is 0 Å². The van der Waals surface area contributed by atoms with Gasteiger partial charge in [0.1, 0.15) is 0 Å². The largest absolute Gasteiger partial charge is 0.352 e. The molecule has 0 aliphatic heterocycles. The van der Waals surface area contributed by atoms with Crippen molar-refractivity contribution in [1.29, 1.82) is 0 Å². The van der Waals surface area contributed by atoms with Crippen molar-refractivity contribution in [2.24, 2.45) is 0 Å². The summed E-state index contributed by atoms with van der Waals surface area (Å²) in [6.45, 7) is 4.44. The van der Waals surface area contributed by atoms with Crippen LogP contribution in [0, 0.1) is 0 Å². The van der Waals surface area contributed by atoms with Crippen LogP contribution in [0.1, 0.15) is 44.2 Å². The summed E-state index contributed by atoms with van der Waals surface area (Å²) in [5, 5.41) is 0. The van der Waals surface area contributed by atoms with Gasteiger partial charge in [0, 0.05) is 18.4 Å². The first kappa shape index (κ1) is 6.96. The fraction of sp³-hybridized carbons (Fsp3) is 0.600. The van der Waals surface area contributed by atoms with Gasteiger partial charge in [-0.15, -0.1) is 0 Å². The molecule has 1 heterocycles. The highest BCUT2D eigenvalue weighted by atomic mass is 15.0. The van der Waals surface area contributed by atoms with Gasteiger partial charge < -0.3 is 4.57 Å². The van der Waals surface area contributed by atoms with E-state index in [0.717, 1.165) is 5.92 Å². The highest BCUT2D eigenvalue weighted by Gasteiger charge is 2.24. The zero-order valence-electron chi connectivity index (χ0n) is 7.25. The van der Waals surface area contributed by atoms with Crippen LogP contribution < -0.4 is 0 Å². The van der Waals surface area contributed by atoms with Gasteiger partial charge in [-0.2, -0.15) is 0 Å². The Morgan fingerprint density at radius 1 is 1.45 bits per heavy atom. The molecule has 0 aromatic carbocycles. The van der Waals surface area contributed by atoms with Gasteiger partial charge in [0.25, 0.3) is 0 Å². The molecule has 1 fully saturated rings. The Balaban J connectivity index is 2.18. The molecule has 11 heavy (non-hydrogen) atoms. The minimum atomic E-state index is 0.613. The molecule has 0 saturated heterocycles. The van der Waals surface area contributed by atoms with Crippen LogP contribution in [0.5, 0.6) is 0 Å². The Kier molecular flexibility index (Phi) is 1.52. The second-order valence-corrected chi connectivity index (χ2v) is 3.76. The summed E-state index contributed by atoms with van der Waals surface area (Å²) < 4.78 is 2.29. The van der Waals surface area contributed by atoms with Crippen molar-refractivity contribution in [3.8, 4) is 0 Å². The minimum Gasteiger partial charge on any atom is -0.352 e. The molecule has 1 aromatic heterocycles. The van der Waals surface area contributed by atoms with E-state index in [9.17, 15) is 0 Å². The first-order valence-electron chi connectivity index (χ1n) is 4.45. The first-order valence-corrected chi connectivity index (χ1v) is 4.45. The van der Waals surface area contributed by atoms with Crippen molar-refractivity contribution in [3.05, 3.63) is 24.0 Å². The van der Waals surface area contributed by atoms with Crippen LogP contribution >= 0.6 is 0 Å². The SMILES string of the molecule is CC(C)n1ccc(C2CC2)c1. The van der Waals surface area contributed by atoms with Crippen LogP contribution in [0.4, 0.5) is 0 Å². The Labute approximate surface area is 68.0 Å². The molecule has 0 spiro atoms. The van der Waals surface area contributed by atoms with Crippen LogP contribution in [0.2, 0.25) is 0 Å². The quantitative estimate of drug-likeness (QED) is 0.609. The van der Waals surface area contributed by atoms with Gasteiger partial charge in [0.2, 0.25) is 0 Å². The molecule has 1 aliphatic rings. The molecule has 0 bridgehead atoms. The van der Waals surface area contributed by atoms with Crippen LogP contribution in [0.15, 0.2) is 18.5 Å². The van der Waals surface area contributed by atoms with Gasteiger partial charge in [-0.1, -0.05) is 0 Å². The summed E-state index contributed by atoms with van der Waals surface area (Å²) in [7, 11) is 0. The van der Waals surface area contributed by atoms with E-state index in [1.807, 2.05) is 0 Å². The molecule has 1 aliphatic carbocycles. The normalized spacial score (nSPS) is 17.7. The number of hydrogen-bond donors (Lipinski definition) is 0. The van der Waals surface area contributed by atoms with Crippen molar-refractivity contribution in [3.63, 3.8) is 0 Å². The fourth-order valence-electron chi connectivity index (χ4n) is 1.41. The topological polar surface area (TPSA) is 4.93 Å². The highest BCUT2D eigenvalue weighted by Crippen LogP contribution is 2.40. The Morgan fingerprint density at radius 2 is 2.18 bits per heavy atom. The molecule has 1 aromatic rings. The summed E-state index contributed by atoms with van der Waals surface area (Å²) in [6, 6.07) is 2.88. The summed E-state index contributed by atoms with van der Waals surface area (Å²) >= 11 is 0. The summed E-state index contributed by atoms with van der Waals surface area (Å²) in [5.74, 6) is 0.898. The maximum absolute atomic E-state index is 2.29. The highest BCUT2D eigenvalue weighted by molar-refractivity contribution is 5.20. The number of nitrogens with zero attached hydrogens (tertiary/aromatic N) is 1. The van der Waals surface area contributed by atoms with E-state index >= 15 is 0 Å². The average molecular weight is 149 g/mol. The molecule has 1 saturated carbocycles. The molecule has 0 unspecified atom stereocenters. The third-order valence-corrected chi connectivity index (χ3v) is 2.38. The van der Waals surface area contributed by atoms with Crippen molar-refractivity contribution < 1.29 is 0 Å². The van der Waals surface area contributed by atoms with Gasteiger partial charge in [-0.25, -0.2) is 0 Å². The maximum Gasteiger partial charge on any atom is 0.0274 e. The van der Waals surface area contributed by atoms with Gasteiger partial charge in [-0.05, 0) is 44.2 Å². The van der Waals surface area contributed by atoms with Gasteiger partial charge in [0.15, 0.2) is 0 Å². The smallest absolute Gasteiger partial charge is 0.0274 e. The lowest BCUT2D eigenvalue weighted by atomic mass is 10.2. The van der Waals surface area contributed by atoms with Gasteiger partial charge in [-0.3, -0.25) is 0 Å². The lowest BCUT2D eigenvalue weighted by Crippen LogP contribution is -1.95. The zero-order chi connectivity index (χ0) is 7.84. The molecule has 1 heteroatoms. The van der Waals surface area contributed by atoms with E-state index in [1.54, 1.807) is 5.56 Å². The van der Waals surface area contributed by atoms with Gasteiger partial charge >= 0.3 is 0 Å². The van der Waals surface area contributed by atoms with Crippen LogP contribution in [0.25, 0.3) is 0 Å². The lowest BCUT2D eigenvalue weighted by molar-refractivity contribution is 0.602. The van der Waals surface area contributed by atoms with E-state index in [0.29, 0.717) is 6.04 Å². The van der Waals surface area contributed by atoms with E-state index in [4.69, 9.17) is 0 Å². The number of aromatic nitrogens is 1. The van der Waals surface area contributed by atoms with E-state index in [2.05, 4.69) is 36.9 Å².